The molecule has 2 rings (SSSR count). The minimum atomic E-state index is -0.359. The van der Waals surface area contributed by atoms with Gasteiger partial charge in [-0.15, -0.1) is 10.2 Å². The van der Waals surface area contributed by atoms with E-state index < -0.39 is 0 Å². The molecule has 0 unspecified atom stereocenters. The van der Waals surface area contributed by atoms with E-state index in [2.05, 4.69) is 17.1 Å². The van der Waals surface area contributed by atoms with Crippen molar-refractivity contribution in [2.45, 2.75) is 19.8 Å². The zero-order valence-corrected chi connectivity index (χ0v) is 10.5. The van der Waals surface area contributed by atoms with Gasteiger partial charge in [0, 0.05) is 6.42 Å². The fourth-order valence-electron chi connectivity index (χ4n) is 1.82. The van der Waals surface area contributed by atoms with Gasteiger partial charge in [0.2, 0.25) is 0 Å². The number of methoxy groups -OCH3 is 1. The number of hydrogen-bond acceptors (Lipinski definition) is 4. The van der Waals surface area contributed by atoms with Crippen LogP contribution < -0.4 is 0 Å². The Bertz CT molecular complexity index is 549. The summed E-state index contributed by atoms with van der Waals surface area (Å²) in [6.45, 7) is 2.07. The van der Waals surface area contributed by atoms with Crippen LogP contribution in [-0.2, 0) is 11.2 Å². The molecule has 18 heavy (non-hydrogen) atoms. The van der Waals surface area contributed by atoms with Crippen molar-refractivity contribution in [3.05, 3.63) is 42.0 Å². The number of esters is 1. The molecule has 94 valence electrons. The first kappa shape index (κ1) is 12.3. The molecule has 0 N–H and O–H groups in total. The topological polar surface area (TPSA) is 57.0 Å². The highest BCUT2D eigenvalue weighted by molar-refractivity contribution is 5.93. The molecule has 0 aliphatic heterocycles. The van der Waals surface area contributed by atoms with E-state index >= 15 is 0 Å². The molecular weight excluding hydrogens is 230 g/mol. The van der Waals surface area contributed by atoms with Crippen molar-refractivity contribution in [2.75, 3.05) is 7.11 Å². The van der Waals surface area contributed by atoms with E-state index in [0.29, 0.717) is 5.56 Å². The summed E-state index contributed by atoms with van der Waals surface area (Å²) in [5, 5.41) is 7.97. The van der Waals surface area contributed by atoms with Crippen molar-refractivity contribution in [3.63, 3.8) is 0 Å². The lowest BCUT2D eigenvalue weighted by Crippen LogP contribution is -2.09. The van der Waals surface area contributed by atoms with Gasteiger partial charge < -0.3 is 4.74 Å². The lowest BCUT2D eigenvalue weighted by atomic mass is 10.1. The first-order valence-electron chi connectivity index (χ1n) is 5.84. The normalized spacial score (nSPS) is 10.3. The average Bonchev–Trinajstić information content (AvgIpc) is 2.86. The summed E-state index contributed by atoms with van der Waals surface area (Å²) in [4.78, 5) is 11.7. The molecule has 5 heteroatoms. The Hall–Kier alpha value is -2.17. The number of rotatable bonds is 4. The molecule has 0 amide bonds. The van der Waals surface area contributed by atoms with Crippen LogP contribution in [0.1, 0.15) is 29.5 Å². The summed E-state index contributed by atoms with van der Waals surface area (Å²) in [5.41, 5.74) is 1.26. The van der Waals surface area contributed by atoms with Crippen molar-refractivity contribution >= 4 is 5.97 Å². The molecule has 0 aliphatic carbocycles. The fourth-order valence-corrected chi connectivity index (χ4v) is 1.82. The standard InChI is InChI=1S/C13H15N3O2/c1-3-6-12-15-14-9-16(12)11-8-5-4-7-10(11)13(17)18-2/h4-5,7-9H,3,6H2,1-2H3. The molecule has 0 radical (unpaired) electrons. The van der Waals surface area contributed by atoms with Gasteiger partial charge in [0.1, 0.15) is 12.2 Å². The fraction of sp³-hybridized carbons (Fsp3) is 0.308. The van der Waals surface area contributed by atoms with Crippen LogP contribution in [0.5, 0.6) is 0 Å². The van der Waals surface area contributed by atoms with Gasteiger partial charge in [-0.25, -0.2) is 4.79 Å². The Kier molecular flexibility index (Phi) is 3.72. The lowest BCUT2D eigenvalue weighted by molar-refractivity contribution is 0.0601. The highest BCUT2D eigenvalue weighted by Gasteiger charge is 2.14. The number of benzene rings is 1. The number of carbonyl (C=O) groups is 1. The van der Waals surface area contributed by atoms with Crippen LogP contribution in [0.3, 0.4) is 0 Å². The maximum absolute atomic E-state index is 11.7. The van der Waals surface area contributed by atoms with Gasteiger partial charge in [0.25, 0.3) is 0 Å². The molecule has 2 aromatic rings. The number of nitrogens with zero attached hydrogens (tertiary/aromatic N) is 3. The van der Waals surface area contributed by atoms with Crippen LogP contribution in [0.25, 0.3) is 5.69 Å². The molecule has 0 saturated carbocycles. The molecule has 0 fully saturated rings. The van der Waals surface area contributed by atoms with Crippen molar-refractivity contribution in [1.82, 2.24) is 14.8 Å². The third kappa shape index (κ3) is 2.25. The molecule has 0 bridgehead atoms. The van der Waals surface area contributed by atoms with Crippen molar-refractivity contribution < 1.29 is 9.53 Å². The van der Waals surface area contributed by atoms with E-state index in [0.717, 1.165) is 24.4 Å². The van der Waals surface area contributed by atoms with E-state index in [1.807, 2.05) is 16.7 Å². The van der Waals surface area contributed by atoms with Crippen molar-refractivity contribution in [2.24, 2.45) is 0 Å². The maximum atomic E-state index is 11.7. The molecule has 1 aromatic carbocycles. The second kappa shape index (κ2) is 5.44. The molecule has 0 saturated heterocycles. The van der Waals surface area contributed by atoms with Crippen LogP contribution in [-0.4, -0.2) is 27.8 Å². The summed E-state index contributed by atoms with van der Waals surface area (Å²) in [6.07, 6.45) is 3.40. The maximum Gasteiger partial charge on any atom is 0.339 e. The number of ether oxygens (including phenoxy) is 1. The van der Waals surface area contributed by atoms with Gasteiger partial charge >= 0.3 is 5.97 Å². The van der Waals surface area contributed by atoms with E-state index in [-0.39, 0.29) is 5.97 Å². The summed E-state index contributed by atoms with van der Waals surface area (Å²) in [7, 11) is 1.37. The number of para-hydroxylation sites is 1. The Labute approximate surface area is 105 Å². The summed E-state index contributed by atoms with van der Waals surface area (Å²) >= 11 is 0. The zero-order valence-electron chi connectivity index (χ0n) is 10.5. The largest absolute Gasteiger partial charge is 0.465 e. The summed E-state index contributed by atoms with van der Waals surface area (Å²) < 4.78 is 6.61. The quantitative estimate of drug-likeness (QED) is 0.773. The van der Waals surface area contributed by atoms with Crippen molar-refractivity contribution in [3.8, 4) is 5.69 Å². The Balaban J connectivity index is 2.50. The Morgan fingerprint density at radius 1 is 1.39 bits per heavy atom. The third-order valence-corrected chi connectivity index (χ3v) is 2.66. The van der Waals surface area contributed by atoms with E-state index in [9.17, 15) is 4.79 Å². The number of hydrogen-bond donors (Lipinski definition) is 0. The van der Waals surface area contributed by atoms with Crippen LogP contribution in [0, 0.1) is 0 Å². The average molecular weight is 245 g/mol. The van der Waals surface area contributed by atoms with Crippen LogP contribution in [0.2, 0.25) is 0 Å². The number of carbonyl (C=O) groups excluding carboxylic acids is 1. The van der Waals surface area contributed by atoms with Gasteiger partial charge in [-0.1, -0.05) is 19.1 Å². The smallest absolute Gasteiger partial charge is 0.339 e. The molecular formula is C13H15N3O2. The van der Waals surface area contributed by atoms with Gasteiger partial charge in [-0.3, -0.25) is 4.57 Å². The van der Waals surface area contributed by atoms with Crippen LogP contribution in [0.15, 0.2) is 30.6 Å². The molecule has 0 atom stereocenters. The minimum absolute atomic E-state index is 0.359. The van der Waals surface area contributed by atoms with Crippen molar-refractivity contribution in [1.29, 1.82) is 0 Å². The molecule has 1 aromatic heterocycles. The van der Waals surface area contributed by atoms with Crippen LogP contribution >= 0.6 is 0 Å². The molecule has 0 spiro atoms. The van der Waals surface area contributed by atoms with Gasteiger partial charge in [0.05, 0.1) is 18.4 Å². The monoisotopic (exact) mass is 245 g/mol. The predicted octanol–water partition coefficient (Wildman–Crippen LogP) is 2.01. The Morgan fingerprint density at radius 3 is 2.89 bits per heavy atom. The first-order chi connectivity index (χ1) is 8.77. The SMILES string of the molecule is CCCc1nncn1-c1ccccc1C(=O)OC. The van der Waals surface area contributed by atoms with Gasteiger partial charge in [-0.05, 0) is 18.6 Å². The van der Waals surface area contributed by atoms with E-state index in [1.54, 1.807) is 18.5 Å². The zero-order chi connectivity index (χ0) is 13.0. The molecule has 5 nitrogen and oxygen atoms in total. The number of aromatic nitrogens is 3. The first-order valence-corrected chi connectivity index (χ1v) is 5.84. The predicted molar refractivity (Wildman–Crippen MR) is 66.7 cm³/mol. The third-order valence-electron chi connectivity index (χ3n) is 2.66. The van der Waals surface area contributed by atoms with Crippen LogP contribution in [0.4, 0.5) is 0 Å². The summed E-state index contributed by atoms with van der Waals surface area (Å²) in [5.74, 6) is 0.482. The molecule has 1 heterocycles. The highest BCUT2D eigenvalue weighted by atomic mass is 16.5. The minimum Gasteiger partial charge on any atom is -0.465 e. The van der Waals surface area contributed by atoms with Gasteiger partial charge in [0.15, 0.2) is 0 Å². The highest BCUT2D eigenvalue weighted by Crippen LogP contribution is 2.17. The van der Waals surface area contributed by atoms with E-state index in [4.69, 9.17) is 4.74 Å². The second-order valence-electron chi connectivity index (χ2n) is 3.88. The lowest BCUT2D eigenvalue weighted by Gasteiger charge is -2.10. The number of aryl methyl sites for hydroxylation is 1. The summed E-state index contributed by atoms with van der Waals surface area (Å²) in [6, 6.07) is 7.27. The van der Waals surface area contributed by atoms with E-state index in [1.165, 1.54) is 7.11 Å². The second-order valence-corrected chi connectivity index (χ2v) is 3.88. The molecule has 0 aliphatic rings. The Morgan fingerprint density at radius 2 is 2.17 bits per heavy atom. The van der Waals surface area contributed by atoms with Gasteiger partial charge in [-0.2, -0.15) is 0 Å².